The fourth-order valence-corrected chi connectivity index (χ4v) is 6.79. The second kappa shape index (κ2) is 5.55. The normalized spacial score (nSPS) is 12.9. The summed E-state index contributed by atoms with van der Waals surface area (Å²) in [6.07, 6.45) is 0. The molecule has 104 valence electrons. The number of ether oxygens (including phenoxy) is 1. The van der Waals surface area contributed by atoms with Crippen molar-refractivity contribution in [1.29, 1.82) is 0 Å². The van der Waals surface area contributed by atoms with E-state index in [-0.39, 0.29) is 22.0 Å². The van der Waals surface area contributed by atoms with Gasteiger partial charge in [0.1, 0.15) is 0 Å². The predicted molar refractivity (Wildman–Crippen MR) is 76.3 cm³/mol. The lowest BCUT2D eigenvalue weighted by Gasteiger charge is -2.41. The summed E-state index contributed by atoms with van der Waals surface area (Å²) in [5.74, 6) is -0.619. The molecule has 0 unspecified atom stereocenters. The van der Waals surface area contributed by atoms with Crippen molar-refractivity contribution < 1.29 is 14.3 Å². The number of rotatable bonds is 3. The van der Waals surface area contributed by atoms with Gasteiger partial charge in [0.15, 0.2) is 0 Å². The third-order valence-corrected chi connectivity index (χ3v) is 12.0. The zero-order valence-electron chi connectivity index (χ0n) is 12.3. The second-order valence-electron chi connectivity index (χ2n) is 6.33. The summed E-state index contributed by atoms with van der Waals surface area (Å²) in [5.41, 5.74) is 9.22. The first-order valence-electron chi connectivity index (χ1n) is 6.02. The van der Waals surface area contributed by atoms with Gasteiger partial charge in [-0.1, -0.05) is 41.5 Å². The zero-order valence-corrected chi connectivity index (χ0v) is 14.1. The van der Waals surface area contributed by atoms with E-state index >= 15 is 0 Å². The fourth-order valence-electron chi connectivity index (χ4n) is 2.29. The standard InChI is InChI=1S/C12H23ClN2O2Si/c1-8-17-10(16)9(15-14)18(13,11(2,3)4)12(5,6)7/h8H2,1-7H3. The molecule has 0 atom stereocenters. The average Bonchev–Trinajstić information content (AvgIpc) is 2.15. The SMILES string of the molecule is CCOC(=O)C(=[N+]=[N-])[Si](Cl)(C(C)(C)C)C(C)(C)C. The third-order valence-electron chi connectivity index (χ3n) is 2.96. The number of hydrogen-bond donors (Lipinski definition) is 0. The van der Waals surface area contributed by atoms with Crippen LogP contribution < -0.4 is 0 Å². The van der Waals surface area contributed by atoms with Gasteiger partial charge in [0.05, 0.1) is 6.61 Å². The molecule has 4 nitrogen and oxygen atoms in total. The lowest BCUT2D eigenvalue weighted by atomic mass is 10.2. The van der Waals surface area contributed by atoms with Crippen LogP contribution in [-0.4, -0.2) is 30.1 Å². The molecule has 0 aromatic rings. The summed E-state index contributed by atoms with van der Waals surface area (Å²) in [4.78, 5) is 15.1. The fraction of sp³-hybridized carbons (Fsp3) is 0.833. The largest absolute Gasteiger partial charge is 0.458 e. The highest BCUT2D eigenvalue weighted by Crippen LogP contribution is 2.53. The van der Waals surface area contributed by atoms with Crippen molar-refractivity contribution in [2.45, 2.75) is 58.5 Å². The van der Waals surface area contributed by atoms with Crippen molar-refractivity contribution in [2.24, 2.45) is 0 Å². The molecular weight excluding hydrogens is 268 g/mol. The minimum atomic E-state index is -2.88. The molecule has 0 aliphatic heterocycles. The third kappa shape index (κ3) is 3.02. The quantitative estimate of drug-likeness (QED) is 0.199. The molecule has 0 fully saturated rings. The van der Waals surface area contributed by atoms with Crippen LogP contribution in [0.2, 0.25) is 10.1 Å². The van der Waals surface area contributed by atoms with E-state index in [1.807, 2.05) is 41.5 Å². The number of carbonyl (C=O) groups excluding carboxylic acids is 1. The van der Waals surface area contributed by atoms with Gasteiger partial charge in [-0.25, -0.2) is 4.79 Å². The lowest BCUT2D eigenvalue weighted by molar-refractivity contribution is -0.139. The Kier molecular flexibility index (Phi) is 5.35. The average molecular weight is 291 g/mol. The Hall–Kier alpha value is -0.643. The molecule has 0 N–H and O–H groups in total. The molecule has 0 aromatic carbocycles. The highest BCUT2D eigenvalue weighted by Gasteiger charge is 2.64. The molecule has 6 heteroatoms. The maximum absolute atomic E-state index is 12.0. The van der Waals surface area contributed by atoms with Gasteiger partial charge in [0.25, 0.3) is 0 Å². The molecule has 0 saturated carbocycles. The summed E-state index contributed by atoms with van der Waals surface area (Å²) in [7, 11) is -2.88. The van der Waals surface area contributed by atoms with E-state index in [0.717, 1.165) is 0 Å². The van der Waals surface area contributed by atoms with Crippen LogP contribution in [0, 0.1) is 0 Å². The van der Waals surface area contributed by atoms with E-state index in [0.29, 0.717) is 0 Å². The van der Waals surface area contributed by atoms with Crippen molar-refractivity contribution in [3.63, 3.8) is 0 Å². The Balaban J connectivity index is 5.91. The molecule has 0 spiro atoms. The van der Waals surface area contributed by atoms with E-state index < -0.39 is 13.4 Å². The summed E-state index contributed by atoms with van der Waals surface area (Å²) >= 11 is 6.84. The molecule has 0 heterocycles. The van der Waals surface area contributed by atoms with Crippen molar-refractivity contribution in [3.05, 3.63) is 5.53 Å². The van der Waals surface area contributed by atoms with Crippen LogP contribution in [0.4, 0.5) is 0 Å². The van der Waals surface area contributed by atoms with E-state index in [1.165, 1.54) is 0 Å². The molecule has 0 rings (SSSR count). The van der Waals surface area contributed by atoms with Crippen LogP contribution in [-0.2, 0) is 9.53 Å². The molecule has 0 saturated heterocycles. The van der Waals surface area contributed by atoms with Gasteiger partial charge in [-0.3, -0.25) is 0 Å². The van der Waals surface area contributed by atoms with E-state index in [1.54, 1.807) is 6.92 Å². The van der Waals surface area contributed by atoms with E-state index in [4.69, 9.17) is 15.8 Å². The molecule has 18 heavy (non-hydrogen) atoms. The van der Waals surface area contributed by atoms with Gasteiger partial charge in [-0.2, -0.15) is 4.79 Å². The van der Waals surface area contributed by atoms with Crippen LogP contribution in [0.1, 0.15) is 48.5 Å². The first-order valence-corrected chi connectivity index (χ1v) is 9.03. The summed E-state index contributed by atoms with van der Waals surface area (Å²) in [6, 6.07) is 0. The van der Waals surface area contributed by atoms with Gasteiger partial charge in [-0.15, -0.1) is 11.1 Å². The first-order chi connectivity index (χ1) is 7.93. The highest BCUT2D eigenvalue weighted by molar-refractivity contribution is 7.42. The van der Waals surface area contributed by atoms with Crippen molar-refractivity contribution in [1.82, 2.24) is 0 Å². The Morgan fingerprint density at radius 1 is 1.22 bits per heavy atom. The summed E-state index contributed by atoms with van der Waals surface area (Å²) in [6.45, 7) is 13.7. The molecule has 0 bridgehead atoms. The monoisotopic (exact) mass is 290 g/mol. The van der Waals surface area contributed by atoms with Crippen molar-refractivity contribution in [2.75, 3.05) is 6.61 Å². The Bertz CT molecular complexity index is 363. The summed E-state index contributed by atoms with van der Waals surface area (Å²) in [5, 5.41) is -0.701. The van der Waals surface area contributed by atoms with Gasteiger partial charge >= 0.3 is 18.7 Å². The number of nitrogens with zero attached hydrogens (tertiary/aromatic N) is 2. The van der Waals surface area contributed by atoms with E-state index in [9.17, 15) is 10.3 Å². The van der Waals surface area contributed by atoms with Gasteiger partial charge in [0.2, 0.25) is 0 Å². The van der Waals surface area contributed by atoms with Crippen LogP contribution in [0.5, 0.6) is 0 Å². The summed E-state index contributed by atoms with van der Waals surface area (Å²) < 4.78 is 4.95. The van der Waals surface area contributed by atoms with E-state index in [2.05, 4.69) is 4.79 Å². The van der Waals surface area contributed by atoms with Gasteiger partial charge in [0, 0.05) is 0 Å². The second-order valence-corrected chi connectivity index (χ2v) is 12.8. The maximum Gasteiger partial charge on any atom is 0.411 e. The number of hydrogen-bond acceptors (Lipinski definition) is 2. The smallest absolute Gasteiger partial charge is 0.411 e. The number of halogens is 1. The molecule has 0 aliphatic rings. The molecule has 0 aromatic heterocycles. The zero-order chi connectivity index (χ0) is 14.8. The first kappa shape index (κ1) is 17.4. The number of esters is 1. The van der Waals surface area contributed by atoms with Crippen LogP contribution in [0.3, 0.4) is 0 Å². The topological polar surface area (TPSA) is 62.7 Å². The Labute approximate surface area is 115 Å². The molecule has 0 amide bonds. The molecule has 0 radical (unpaired) electrons. The Morgan fingerprint density at radius 2 is 1.61 bits per heavy atom. The van der Waals surface area contributed by atoms with Gasteiger partial charge < -0.3 is 10.3 Å². The van der Waals surface area contributed by atoms with Crippen molar-refractivity contribution in [3.8, 4) is 0 Å². The minimum Gasteiger partial charge on any atom is -0.458 e. The van der Waals surface area contributed by atoms with Crippen LogP contribution in [0.25, 0.3) is 5.53 Å². The minimum absolute atomic E-state index is 0.00832. The predicted octanol–water partition coefficient (Wildman–Crippen LogP) is 3.54. The molecule has 0 aliphatic carbocycles. The van der Waals surface area contributed by atoms with Gasteiger partial charge in [-0.05, 0) is 17.0 Å². The highest BCUT2D eigenvalue weighted by atomic mass is 35.6. The number of carbonyl (C=O) groups is 1. The maximum atomic E-state index is 12.0. The Morgan fingerprint density at radius 3 is 1.83 bits per heavy atom. The van der Waals surface area contributed by atoms with Crippen LogP contribution in [0.15, 0.2) is 0 Å². The van der Waals surface area contributed by atoms with Crippen molar-refractivity contribution >= 4 is 29.8 Å². The lowest BCUT2D eigenvalue weighted by Crippen LogP contribution is -2.57. The molecular formula is C12H23ClN2O2Si. The van der Waals surface area contributed by atoms with Crippen LogP contribution >= 0.6 is 11.1 Å².